The summed E-state index contributed by atoms with van der Waals surface area (Å²) in [6.45, 7) is 4.21. The summed E-state index contributed by atoms with van der Waals surface area (Å²) in [5.74, 6) is -0.0148. The van der Waals surface area contributed by atoms with E-state index in [1.807, 2.05) is 13.8 Å². The van der Waals surface area contributed by atoms with Crippen LogP contribution in [0.4, 0.5) is 0 Å². The highest BCUT2D eigenvalue weighted by molar-refractivity contribution is 5.81. The molecule has 1 unspecified atom stereocenters. The van der Waals surface area contributed by atoms with E-state index in [2.05, 4.69) is 15.3 Å². The molecule has 0 aromatic carbocycles. The Morgan fingerprint density at radius 2 is 2.33 bits per heavy atom. The Balaban J connectivity index is 2.41. The van der Waals surface area contributed by atoms with Crippen LogP contribution in [-0.2, 0) is 11.3 Å². The van der Waals surface area contributed by atoms with E-state index in [4.69, 9.17) is 5.73 Å². The van der Waals surface area contributed by atoms with Gasteiger partial charge in [0.25, 0.3) is 0 Å². The molecule has 5 heteroatoms. The summed E-state index contributed by atoms with van der Waals surface area (Å²) in [4.78, 5) is 19.3. The molecule has 0 radical (unpaired) electrons. The molecular formula is C10H16N4O. The first-order valence-corrected chi connectivity index (χ1v) is 4.89. The first kappa shape index (κ1) is 11.6. The first-order chi connectivity index (χ1) is 7.11. The minimum Gasteiger partial charge on any atom is -0.349 e. The van der Waals surface area contributed by atoms with Crippen molar-refractivity contribution < 1.29 is 4.79 Å². The molecule has 0 aliphatic rings. The molecule has 0 saturated heterocycles. The molecule has 1 atom stereocenters. The molecule has 0 saturated carbocycles. The third-order valence-electron chi connectivity index (χ3n) is 2.11. The van der Waals surface area contributed by atoms with Gasteiger partial charge >= 0.3 is 0 Å². The van der Waals surface area contributed by atoms with Gasteiger partial charge in [-0.1, -0.05) is 13.8 Å². The van der Waals surface area contributed by atoms with Gasteiger partial charge in [0.2, 0.25) is 5.91 Å². The number of carbonyl (C=O) groups is 1. The molecule has 0 bridgehead atoms. The van der Waals surface area contributed by atoms with Crippen LogP contribution in [0.2, 0.25) is 0 Å². The number of carbonyl (C=O) groups excluding carboxylic acids is 1. The van der Waals surface area contributed by atoms with Crippen LogP contribution in [0.15, 0.2) is 18.6 Å². The monoisotopic (exact) mass is 208 g/mol. The maximum Gasteiger partial charge on any atom is 0.237 e. The van der Waals surface area contributed by atoms with Gasteiger partial charge in [0, 0.05) is 6.20 Å². The fourth-order valence-corrected chi connectivity index (χ4v) is 1.02. The van der Waals surface area contributed by atoms with E-state index in [0.29, 0.717) is 6.54 Å². The fraction of sp³-hybridized carbons (Fsp3) is 0.500. The highest BCUT2D eigenvalue weighted by Crippen LogP contribution is 1.98. The van der Waals surface area contributed by atoms with Crippen molar-refractivity contribution in [2.45, 2.75) is 26.4 Å². The highest BCUT2D eigenvalue weighted by Gasteiger charge is 2.16. The molecule has 1 amide bonds. The summed E-state index contributed by atoms with van der Waals surface area (Å²) in [5.41, 5.74) is 6.45. The van der Waals surface area contributed by atoms with Gasteiger partial charge in [-0.05, 0) is 12.0 Å². The fourth-order valence-electron chi connectivity index (χ4n) is 1.02. The molecular weight excluding hydrogens is 192 g/mol. The van der Waals surface area contributed by atoms with Crippen molar-refractivity contribution in [3.63, 3.8) is 0 Å². The van der Waals surface area contributed by atoms with Crippen molar-refractivity contribution in [1.29, 1.82) is 0 Å². The Hall–Kier alpha value is -1.49. The zero-order valence-electron chi connectivity index (χ0n) is 8.97. The van der Waals surface area contributed by atoms with E-state index >= 15 is 0 Å². The average molecular weight is 208 g/mol. The van der Waals surface area contributed by atoms with E-state index in [1.165, 1.54) is 6.33 Å². The molecule has 0 fully saturated rings. The molecule has 5 nitrogen and oxygen atoms in total. The SMILES string of the molecule is CC(C)C(N)C(=O)NCc1ccncn1. The Morgan fingerprint density at radius 3 is 2.87 bits per heavy atom. The van der Waals surface area contributed by atoms with Crippen molar-refractivity contribution >= 4 is 5.91 Å². The van der Waals surface area contributed by atoms with Crippen LogP contribution < -0.4 is 11.1 Å². The minimum atomic E-state index is -0.466. The molecule has 1 heterocycles. The van der Waals surface area contributed by atoms with E-state index in [-0.39, 0.29) is 11.8 Å². The lowest BCUT2D eigenvalue weighted by Crippen LogP contribution is -2.43. The first-order valence-electron chi connectivity index (χ1n) is 4.89. The van der Waals surface area contributed by atoms with E-state index in [0.717, 1.165) is 5.69 Å². The number of hydrogen-bond acceptors (Lipinski definition) is 4. The van der Waals surface area contributed by atoms with Crippen LogP contribution >= 0.6 is 0 Å². The molecule has 15 heavy (non-hydrogen) atoms. The van der Waals surface area contributed by atoms with Crippen molar-refractivity contribution in [3.8, 4) is 0 Å². The van der Waals surface area contributed by atoms with Crippen LogP contribution in [0.1, 0.15) is 19.5 Å². The maximum atomic E-state index is 11.5. The lowest BCUT2D eigenvalue weighted by molar-refractivity contribution is -0.123. The summed E-state index contributed by atoms with van der Waals surface area (Å²) >= 11 is 0. The van der Waals surface area contributed by atoms with Gasteiger partial charge in [-0.25, -0.2) is 9.97 Å². The number of hydrogen-bond donors (Lipinski definition) is 2. The second kappa shape index (κ2) is 5.41. The average Bonchev–Trinajstić information content (AvgIpc) is 2.26. The number of nitrogens with two attached hydrogens (primary N) is 1. The van der Waals surface area contributed by atoms with Crippen molar-refractivity contribution in [3.05, 3.63) is 24.3 Å². The minimum absolute atomic E-state index is 0.135. The Kier molecular flexibility index (Phi) is 4.17. The number of rotatable bonds is 4. The third-order valence-corrected chi connectivity index (χ3v) is 2.11. The van der Waals surface area contributed by atoms with Crippen LogP contribution in [0.25, 0.3) is 0 Å². The number of aromatic nitrogens is 2. The molecule has 1 aromatic heterocycles. The zero-order valence-corrected chi connectivity index (χ0v) is 8.97. The van der Waals surface area contributed by atoms with E-state index in [9.17, 15) is 4.79 Å². The Bertz CT molecular complexity index is 312. The van der Waals surface area contributed by atoms with Crippen molar-refractivity contribution in [2.24, 2.45) is 11.7 Å². The summed E-state index contributed by atoms with van der Waals surface area (Å²) in [5, 5.41) is 2.73. The van der Waals surface area contributed by atoms with Crippen molar-refractivity contribution in [2.75, 3.05) is 0 Å². The summed E-state index contributed by atoms with van der Waals surface area (Å²) in [6.07, 6.45) is 3.08. The molecule has 1 rings (SSSR count). The van der Waals surface area contributed by atoms with Crippen LogP contribution in [0, 0.1) is 5.92 Å². The number of nitrogens with one attached hydrogen (secondary N) is 1. The van der Waals surface area contributed by atoms with Crippen LogP contribution in [0.3, 0.4) is 0 Å². The molecule has 3 N–H and O–H groups in total. The number of amides is 1. The quantitative estimate of drug-likeness (QED) is 0.734. The third kappa shape index (κ3) is 3.63. The highest BCUT2D eigenvalue weighted by atomic mass is 16.2. The van der Waals surface area contributed by atoms with Crippen molar-refractivity contribution in [1.82, 2.24) is 15.3 Å². The lowest BCUT2D eigenvalue weighted by atomic mass is 10.1. The van der Waals surface area contributed by atoms with Crippen LogP contribution in [0.5, 0.6) is 0 Å². The van der Waals surface area contributed by atoms with Gasteiger partial charge in [-0.3, -0.25) is 4.79 Å². The van der Waals surface area contributed by atoms with Gasteiger partial charge in [0.05, 0.1) is 18.3 Å². The summed E-state index contributed by atoms with van der Waals surface area (Å²) in [6, 6.07) is 1.29. The normalized spacial score (nSPS) is 12.5. The predicted octanol–water partition coefficient (Wildman–Crippen LogP) is 0.0761. The Morgan fingerprint density at radius 1 is 1.60 bits per heavy atom. The standard InChI is InChI=1S/C10H16N4O/c1-7(2)9(11)10(15)13-5-8-3-4-12-6-14-8/h3-4,6-7,9H,5,11H2,1-2H3,(H,13,15). The number of nitrogens with zero attached hydrogens (tertiary/aromatic N) is 2. The second-order valence-electron chi connectivity index (χ2n) is 3.69. The molecule has 82 valence electrons. The van der Waals surface area contributed by atoms with E-state index in [1.54, 1.807) is 12.3 Å². The largest absolute Gasteiger partial charge is 0.349 e. The molecule has 0 aliphatic carbocycles. The van der Waals surface area contributed by atoms with Gasteiger partial charge in [-0.2, -0.15) is 0 Å². The van der Waals surface area contributed by atoms with Gasteiger partial charge in [-0.15, -0.1) is 0 Å². The Labute approximate surface area is 89.1 Å². The maximum absolute atomic E-state index is 11.5. The van der Waals surface area contributed by atoms with Gasteiger partial charge in [0.1, 0.15) is 6.33 Å². The topological polar surface area (TPSA) is 80.9 Å². The molecule has 0 spiro atoms. The molecule has 0 aliphatic heterocycles. The summed E-state index contributed by atoms with van der Waals surface area (Å²) in [7, 11) is 0. The lowest BCUT2D eigenvalue weighted by Gasteiger charge is -2.14. The zero-order chi connectivity index (χ0) is 11.3. The smallest absolute Gasteiger partial charge is 0.237 e. The van der Waals surface area contributed by atoms with E-state index < -0.39 is 6.04 Å². The van der Waals surface area contributed by atoms with Gasteiger partial charge < -0.3 is 11.1 Å². The molecule has 1 aromatic rings. The predicted molar refractivity (Wildman–Crippen MR) is 56.7 cm³/mol. The summed E-state index contributed by atoms with van der Waals surface area (Å²) < 4.78 is 0. The van der Waals surface area contributed by atoms with Gasteiger partial charge in [0.15, 0.2) is 0 Å². The van der Waals surface area contributed by atoms with Crippen LogP contribution in [-0.4, -0.2) is 21.9 Å². The second-order valence-corrected chi connectivity index (χ2v) is 3.69.